The molecular formula is C18H13F3N2O5S. The zero-order valence-corrected chi connectivity index (χ0v) is 15.3. The van der Waals surface area contributed by atoms with E-state index in [4.69, 9.17) is 5.73 Å². The van der Waals surface area contributed by atoms with E-state index in [1.165, 1.54) is 30.3 Å². The summed E-state index contributed by atoms with van der Waals surface area (Å²) in [5.74, 6) is -4.14. The van der Waals surface area contributed by atoms with E-state index in [0.717, 1.165) is 18.2 Å². The number of carbonyl (C=O) groups excluding carboxylic acids is 3. The Balaban J connectivity index is 2.01. The minimum absolute atomic E-state index is 0.0420. The van der Waals surface area contributed by atoms with E-state index in [-0.39, 0.29) is 16.7 Å². The largest absolute Gasteiger partial charge is 0.501 e. The van der Waals surface area contributed by atoms with Gasteiger partial charge in [-0.1, -0.05) is 30.3 Å². The van der Waals surface area contributed by atoms with Gasteiger partial charge in [0.25, 0.3) is 15.7 Å². The van der Waals surface area contributed by atoms with Gasteiger partial charge in [0, 0.05) is 5.56 Å². The van der Waals surface area contributed by atoms with Crippen LogP contribution in [0, 0.1) is 0 Å². The molecule has 1 aliphatic heterocycles. The molecule has 1 unspecified atom stereocenters. The van der Waals surface area contributed by atoms with E-state index in [1.54, 1.807) is 0 Å². The molecule has 0 radical (unpaired) electrons. The molecule has 0 saturated heterocycles. The highest BCUT2D eigenvalue weighted by atomic mass is 32.2. The van der Waals surface area contributed by atoms with Crippen LogP contribution >= 0.6 is 0 Å². The standard InChI is InChI=1S/C18H13F3N2O5S/c19-18(20,21)29(27,28)11-5-3-4-10(8-11)9-23-16(25)13-7-2-1-6-12(13)14(15(22)24)17(23)26/h1-8,14H,9H2,(H2,22,24). The first-order valence-electron chi connectivity index (χ1n) is 8.09. The Labute approximate surface area is 162 Å². The molecule has 0 aliphatic carbocycles. The van der Waals surface area contributed by atoms with E-state index in [0.29, 0.717) is 4.90 Å². The van der Waals surface area contributed by atoms with Gasteiger partial charge >= 0.3 is 5.51 Å². The fourth-order valence-corrected chi connectivity index (χ4v) is 3.86. The third-order valence-corrected chi connectivity index (χ3v) is 5.88. The minimum Gasteiger partial charge on any atom is -0.369 e. The summed E-state index contributed by atoms with van der Waals surface area (Å²) in [6, 6.07) is 9.64. The molecule has 29 heavy (non-hydrogen) atoms. The number of hydrogen-bond acceptors (Lipinski definition) is 5. The van der Waals surface area contributed by atoms with E-state index in [1.807, 2.05) is 0 Å². The summed E-state index contributed by atoms with van der Waals surface area (Å²) >= 11 is 0. The summed E-state index contributed by atoms with van der Waals surface area (Å²) in [4.78, 5) is 36.8. The molecule has 7 nitrogen and oxygen atoms in total. The highest BCUT2D eigenvalue weighted by Gasteiger charge is 2.47. The molecule has 0 fully saturated rings. The number of fused-ring (bicyclic) bond motifs is 1. The molecule has 2 aromatic rings. The lowest BCUT2D eigenvalue weighted by Crippen LogP contribution is -2.48. The first kappa shape index (κ1) is 20.5. The normalized spacial score (nSPS) is 17.2. The lowest BCUT2D eigenvalue weighted by Gasteiger charge is -2.31. The van der Waals surface area contributed by atoms with Gasteiger partial charge in [-0.3, -0.25) is 19.3 Å². The summed E-state index contributed by atoms with van der Waals surface area (Å²) in [7, 11) is -5.60. The van der Waals surface area contributed by atoms with Crippen LogP contribution in [0.5, 0.6) is 0 Å². The van der Waals surface area contributed by atoms with Crippen LogP contribution in [0.25, 0.3) is 0 Å². The van der Waals surface area contributed by atoms with Crippen molar-refractivity contribution in [1.82, 2.24) is 4.90 Å². The number of sulfone groups is 1. The lowest BCUT2D eigenvalue weighted by atomic mass is 9.87. The van der Waals surface area contributed by atoms with Gasteiger partial charge < -0.3 is 5.73 Å². The number of imide groups is 1. The van der Waals surface area contributed by atoms with Crippen molar-refractivity contribution < 1.29 is 36.0 Å². The van der Waals surface area contributed by atoms with Crippen LogP contribution in [0.3, 0.4) is 0 Å². The molecule has 1 aliphatic rings. The fraction of sp³-hybridized carbons (Fsp3) is 0.167. The number of carbonyl (C=O) groups is 3. The second kappa shape index (κ2) is 6.99. The highest BCUT2D eigenvalue weighted by Crippen LogP contribution is 2.32. The van der Waals surface area contributed by atoms with Gasteiger partial charge in [0.15, 0.2) is 0 Å². The predicted molar refractivity (Wildman–Crippen MR) is 92.9 cm³/mol. The number of benzene rings is 2. The van der Waals surface area contributed by atoms with Crippen LogP contribution in [-0.2, 0) is 26.0 Å². The molecule has 152 valence electrons. The average Bonchev–Trinajstić information content (AvgIpc) is 2.64. The number of halogens is 3. The minimum atomic E-state index is -5.60. The molecule has 1 atom stereocenters. The molecule has 0 aromatic heterocycles. The Morgan fingerprint density at radius 3 is 2.34 bits per heavy atom. The maximum atomic E-state index is 12.8. The molecule has 1 heterocycles. The number of rotatable bonds is 4. The Morgan fingerprint density at radius 2 is 1.72 bits per heavy atom. The van der Waals surface area contributed by atoms with Crippen molar-refractivity contribution in [3.8, 4) is 0 Å². The molecule has 2 aromatic carbocycles. The third-order valence-electron chi connectivity index (χ3n) is 4.40. The quantitative estimate of drug-likeness (QED) is 0.591. The SMILES string of the molecule is NC(=O)C1C(=O)N(Cc2cccc(S(=O)(=O)C(F)(F)F)c2)C(=O)c2ccccc21. The third kappa shape index (κ3) is 3.48. The molecule has 0 saturated carbocycles. The number of hydrogen-bond donors (Lipinski definition) is 1. The summed E-state index contributed by atoms with van der Waals surface area (Å²) in [5.41, 5.74) is -0.0536. The van der Waals surface area contributed by atoms with Gasteiger partial charge in [0.05, 0.1) is 11.4 Å². The van der Waals surface area contributed by atoms with Crippen LogP contribution in [0.1, 0.15) is 27.4 Å². The molecule has 3 amide bonds. The maximum Gasteiger partial charge on any atom is 0.501 e. The Bertz CT molecular complexity index is 1130. The van der Waals surface area contributed by atoms with Crippen LogP contribution in [0.15, 0.2) is 53.4 Å². The van der Waals surface area contributed by atoms with Crippen LogP contribution in [0.2, 0.25) is 0 Å². The Kier molecular flexibility index (Phi) is 4.95. The molecule has 3 rings (SSSR count). The number of nitrogens with zero attached hydrogens (tertiary/aromatic N) is 1. The second-order valence-electron chi connectivity index (χ2n) is 6.25. The van der Waals surface area contributed by atoms with Crippen LogP contribution in [0.4, 0.5) is 13.2 Å². The Morgan fingerprint density at radius 1 is 1.07 bits per heavy atom. The van der Waals surface area contributed by atoms with E-state index in [2.05, 4.69) is 0 Å². The van der Waals surface area contributed by atoms with Gasteiger partial charge in [0.1, 0.15) is 5.92 Å². The monoisotopic (exact) mass is 426 g/mol. The molecule has 0 spiro atoms. The summed E-state index contributed by atoms with van der Waals surface area (Å²) < 4.78 is 61.5. The maximum absolute atomic E-state index is 12.8. The topological polar surface area (TPSA) is 115 Å². The van der Waals surface area contributed by atoms with Crippen molar-refractivity contribution >= 4 is 27.6 Å². The van der Waals surface area contributed by atoms with E-state index in [9.17, 15) is 36.0 Å². The smallest absolute Gasteiger partial charge is 0.369 e. The number of amides is 3. The van der Waals surface area contributed by atoms with Gasteiger partial charge in [-0.2, -0.15) is 13.2 Å². The Hall–Kier alpha value is -3.21. The molecular weight excluding hydrogens is 413 g/mol. The van der Waals surface area contributed by atoms with Crippen LogP contribution < -0.4 is 5.73 Å². The van der Waals surface area contributed by atoms with Gasteiger partial charge in [0.2, 0.25) is 11.8 Å². The summed E-state index contributed by atoms with van der Waals surface area (Å²) in [6.45, 7) is -0.531. The number of alkyl halides is 3. The van der Waals surface area contributed by atoms with Gasteiger partial charge in [-0.05, 0) is 29.3 Å². The fourth-order valence-electron chi connectivity index (χ4n) is 3.03. The van der Waals surface area contributed by atoms with E-state index >= 15 is 0 Å². The molecule has 2 N–H and O–H groups in total. The first-order valence-corrected chi connectivity index (χ1v) is 9.57. The number of nitrogens with two attached hydrogens (primary N) is 1. The highest BCUT2D eigenvalue weighted by molar-refractivity contribution is 7.92. The zero-order valence-electron chi connectivity index (χ0n) is 14.5. The number of primary amides is 1. The molecule has 0 bridgehead atoms. The second-order valence-corrected chi connectivity index (χ2v) is 8.19. The van der Waals surface area contributed by atoms with Crippen molar-refractivity contribution in [2.75, 3.05) is 0 Å². The predicted octanol–water partition coefficient (Wildman–Crippen LogP) is 1.73. The average molecular weight is 426 g/mol. The van der Waals surface area contributed by atoms with Crippen molar-refractivity contribution in [3.63, 3.8) is 0 Å². The van der Waals surface area contributed by atoms with Crippen molar-refractivity contribution in [2.45, 2.75) is 22.9 Å². The summed E-state index contributed by atoms with van der Waals surface area (Å²) in [5, 5.41) is 0. The van der Waals surface area contributed by atoms with Crippen molar-refractivity contribution in [1.29, 1.82) is 0 Å². The van der Waals surface area contributed by atoms with Gasteiger partial charge in [-0.15, -0.1) is 0 Å². The van der Waals surface area contributed by atoms with E-state index < -0.39 is 50.4 Å². The molecule has 11 heteroatoms. The van der Waals surface area contributed by atoms with Crippen LogP contribution in [-0.4, -0.2) is 36.5 Å². The van der Waals surface area contributed by atoms with Crippen molar-refractivity contribution in [2.24, 2.45) is 5.73 Å². The lowest BCUT2D eigenvalue weighted by molar-refractivity contribution is -0.136. The first-order chi connectivity index (χ1) is 13.4. The van der Waals surface area contributed by atoms with Crippen molar-refractivity contribution in [3.05, 3.63) is 65.2 Å². The summed E-state index contributed by atoms with van der Waals surface area (Å²) in [6.07, 6.45) is 0. The van der Waals surface area contributed by atoms with Gasteiger partial charge in [-0.25, -0.2) is 8.42 Å². The zero-order chi connectivity index (χ0) is 21.6.